The SMILES string of the molecule is CCCCOC1C(O)OC[C@@H](O)[C@@H](OCCCC)C1OCCCC. The van der Waals surface area contributed by atoms with Crippen molar-refractivity contribution in [2.75, 3.05) is 26.4 Å². The van der Waals surface area contributed by atoms with Crippen LogP contribution in [0.15, 0.2) is 0 Å². The fraction of sp³-hybridized carbons (Fsp3) is 1.00. The van der Waals surface area contributed by atoms with Gasteiger partial charge >= 0.3 is 0 Å². The Bertz CT molecular complexity index is 277. The molecule has 5 atom stereocenters. The van der Waals surface area contributed by atoms with Gasteiger partial charge in [-0.3, -0.25) is 0 Å². The average molecular weight is 348 g/mol. The number of rotatable bonds is 12. The Hall–Kier alpha value is -0.240. The lowest BCUT2D eigenvalue weighted by Gasteiger charge is -2.33. The Morgan fingerprint density at radius 2 is 1.21 bits per heavy atom. The second kappa shape index (κ2) is 13.0. The van der Waals surface area contributed by atoms with Gasteiger partial charge in [0.1, 0.15) is 24.4 Å². The molecule has 144 valence electrons. The Labute approximate surface area is 146 Å². The summed E-state index contributed by atoms with van der Waals surface area (Å²) in [5, 5.41) is 20.7. The minimum absolute atomic E-state index is 0.0131. The molecule has 3 unspecified atom stereocenters. The average Bonchev–Trinajstić information content (AvgIpc) is 2.68. The van der Waals surface area contributed by atoms with Crippen molar-refractivity contribution < 1.29 is 29.2 Å². The highest BCUT2D eigenvalue weighted by atomic mass is 16.7. The Morgan fingerprint density at radius 1 is 0.750 bits per heavy atom. The second-order valence-corrected chi connectivity index (χ2v) is 6.36. The van der Waals surface area contributed by atoms with Crippen molar-refractivity contribution >= 4 is 0 Å². The topological polar surface area (TPSA) is 77.4 Å². The predicted molar refractivity (Wildman–Crippen MR) is 91.9 cm³/mol. The van der Waals surface area contributed by atoms with Crippen LogP contribution in [0.3, 0.4) is 0 Å². The maximum Gasteiger partial charge on any atom is 0.183 e. The van der Waals surface area contributed by atoms with Gasteiger partial charge in [0.15, 0.2) is 6.29 Å². The van der Waals surface area contributed by atoms with Crippen molar-refractivity contribution in [2.24, 2.45) is 0 Å². The fourth-order valence-corrected chi connectivity index (χ4v) is 2.62. The van der Waals surface area contributed by atoms with E-state index in [1.54, 1.807) is 0 Å². The van der Waals surface area contributed by atoms with Gasteiger partial charge in [0.2, 0.25) is 0 Å². The minimum Gasteiger partial charge on any atom is -0.388 e. The molecule has 1 heterocycles. The summed E-state index contributed by atoms with van der Waals surface area (Å²) < 4.78 is 23.1. The molecular formula is C18H36O6. The fourth-order valence-electron chi connectivity index (χ4n) is 2.62. The van der Waals surface area contributed by atoms with Crippen LogP contribution in [0, 0.1) is 0 Å². The molecule has 0 aromatic carbocycles. The molecule has 2 N–H and O–H groups in total. The zero-order valence-corrected chi connectivity index (χ0v) is 15.5. The standard InChI is InChI=1S/C18H36O6/c1-4-7-10-21-15-14(19)13-24-18(20)17(23-12-9-6-3)16(15)22-11-8-5-2/h14-20H,4-13H2,1-3H3/t14-,15-,16?,17?,18?/m1/s1. The molecule has 1 aliphatic rings. The summed E-state index contributed by atoms with van der Waals surface area (Å²) in [5.74, 6) is 0. The number of hydrogen-bond acceptors (Lipinski definition) is 6. The second-order valence-electron chi connectivity index (χ2n) is 6.36. The van der Waals surface area contributed by atoms with Gasteiger partial charge in [-0.1, -0.05) is 40.0 Å². The van der Waals surface area contributed by atoms with Crippen molar-refractivity contribution in [3.8, 4) is 0 Å². The molecule has 1 fully saturated rings. The van der Waals surface area contributed by atoms with Gasteiger partial charge in [-0.2, -0.15) is 0 Å². The highest BCUT2D eigenvalue weighted by molar-refractivity contribution is 4.89. The molecule has 0 saturated carbocycles. The molecule has 0 amide bonds. The van der Waals surface area contributed by atoms with Gasteiger partial charge in [-0.25, -0.2) is 0 Å². The Balaban J connectivity index is 2.82. The van der Waals surface area contributed by atoms with Crippen LogP contribution >= 0.6 is 0 Å². The van der Waals surface area contributed by atoms with Crippen molar-refractivity contribution in [1.82, 2.24) is 0 Å². The van der Waals surface area contributed by atoms with Gasteiger partial charge in [-0.05, 0) is 19.3 Å². The van der Waals surface area contributed by atoms with Crippen molar-refractivity contribution in [3.63, 3.8) is 0 Å². The van der Waals surface area contributed by atoms with E-state index in [2.05, 4.69) is 20.8 Å². The Kier molecular flexibility index (Phi) is 11.8. The Morgan fingerprint density at radius 3 is 1.71 bits per heavy atom. The van der Waals surface area contributed by atoms with Gasteiger partial charge < -0.3 is 29.2 Å². The maximum atomic E-state index is 10.4. The summed E-state index contributed by atoms with van der Waals surface area (Å²) in [6.07, 6.45) is 2.02. The van der Waals surface area contributed by atoms with Gasteiger partial charge in [0.25, 0.3) is 0 Å². The molecular weight excluding hydrogens is 312 g/mol. The van der Waals surface area contributed by atoms with E-state index >= 15 is 0 Å². The molecule has 1 saturated heterocycles. The number of aliphatic hydroxyl groups is 2. The molecule has 6 nitrogen and oxygen atoms in total. The maximum absolute atomic E-state index is 10.4. The third-order valence-electron chi connectivity index (χ3n) is 4.17. The first-order chi connectivity index (χ1) is 11.7. The summed E-state index contributed by atoms with van der Waals surface area (Å²) in [6, 6.07) is 0. The third-order valence-corrected chi connectivity index (χ3v) is 4.17. The van der Waals surface area contributed by atoms with Crippen molar-refractivity contribution in [1.29, 1.82) is 0 Å². The molecule has 0 spiro atoms. The molecule has 0 aromatic heterocycles. The zero-order valence-electron chi connectivity index (χ0n) is 15.5. The smallest absolute Gasteiger partial charge is 0.183 e. The van der Waals surface area contributed by atoms with Gasteiger partial charge in [0, 0.05) is 19.8 Å². The van der Waals surface area contributed by atoms with Gasteiger partial charge in [0.05, 0.1) is 6.61 Å². The summed E-state index contributed by atoms with van der Waals surface area (Å²) >= 11 is 0. The van der Waals surface area contributed by atoms with E-state index in [0.717, 1.165) is 38.5 Å². The van der Waals surface area contributed by atoms with Crippen LogP contribution in [-0.4, -0.2) is 67.3 Å². The predicted octanol–water partition coefficient (Wildman–Crippen LogP) is 2.25. The summed E-state index contributed by atoms with van der Waals surface area (Å²) in [7, 11) is 0. The summed E-state index contributed by atoms with van der Waals surface area (Å²) in [6.45, 7) is 7.89. The molecule has 0 radical (unpaired) electrons. The number of aliphatic hydroxyl groups excluding tert-OH is 2. The van der Waals surface area contributed by atoms with E-state index in [1.165, 1.54) is 0 Å². The first-order valence-corrected chi connectivity index (χ1v) is 9.48. The van der Waals surface area contributed by atoms with Crippen LogP contribution in [0.5, 0.6) is 0 Å². The summed E-state index contributed by atoms with van der Waals surface area (Å²) in [5.41, 5.74) is 0. The lowest BCUT2D eigenvalue weighted by Crippen LogP contribution is -2.50. The first kappa shape index (κ1) is 21.8. The summed E-state index contributed by atoms with van der Waals surface area (Å²) in [4.78, 5) is 0. The van der Waals surface area contributed by atoms with E-state index in [0.29, 0.717) is 19.8 Å². The van der Waals surface area contributed by atoms with E-state index in [-0.39, 0.29) is 6.61 Å². The number of ether oxygens (including phenoxy) is 4. The highest BCUT2D eigenvalue weighted by Crippen LogP contribution is 2.24. The largest absolute Gasteiger partial charge is 0.388 e. The first-order valence-electron chi connectivity index (χ1n) is 9.48. The molecule has 1 rings (SSSR count). The van der Waals surface area contributed by atoms with E-state index in [1.807, 2.05) is 0 Å². The van der Waals surface area contributed by atoms with Crippen molar-refractivity contribution in [3.05, 3.63) is 0 Å². The van der Waals surface area contributed by atoms with Crippen LogP contribution in [0.2, 0.25) is 0 Å². The van der Waals surface area contributed by atoms with Crippen LogP contribution in [0.4, 0.5) is 0 Å². The van der Waals surface area contributed by atoms with Crippen molar-refractivity contribution in [2.45, 2.75) is 90.0 Å². The molecule has 1 aliphatic heterocycles. The lowest BCUT2D eigenvalue weighted by atomic mass is 10.0. The minimum atomic E-state index is -1.12. The molecule has 24 heavy (non-hydrogen) atoms. The van der Waals surface area contributed by atoms with Gasteiger partial charge in [-0.15, -0.1) is 0 Å². The zero-order chi connectivity index (χ0) is 17.8. The van der Waals surface area contributed by atoms with E-state index in [9.17, 15) is 10.2 Å². The van der Waals surface area contributed by atoms with Crippen LogP contribution in [0.25, 0.3) is 0 Å². The van der Waals surface area contributed by atoms with E-state index < -0.39 is 30.7 Å². The van der Waals surface area contributed by atoms with E-state index in [4.69, 9.17) is 18.9 Å². The molecule has 0 aliphatic carbocycles. The van der Waals surface area contributed by atoms with Crippen LogP contribution in [-0.2, 0) is 18.9 Å². The molecule has 6 heteroatoms. The highest BCUT2D eigenvalue weighted by Gasteiger charge is 2.43. The van der Waals surface area contributed by atoms with Crippen LogP contribution < -0.4 is 0 Å². The molecule has 0 aromatic rings. The number of hydrogen-bond donors (Lipinski definition) is 2. The lowest BCUT2D eigenvalue weighted by molar-refractivity contribution is -0.213. The number of unbranched alkanes of at least 4 members (excludes halogenated alkanes) is 3. The monoisotopic (exact) mass is 348 g/mol. The molecule has 0 bridgehead atoms. The van der Waals surface area contributed by atoms with Crippen LogP contribution in [0.1, 0.15) is 59.3 Å². The third kappa shape index (κ3) is 7.33. The quantitative estimate of drug-likeness (QED) is 0.527. The normalized spacial score (nSPS) is 31.1.